The average Bonchev–Trinajstić information content (AvgIpc) is 2.97. The Labute approximate surface area is 250 Å². The lowest BCUT2D eigenvalue weighted by atomic mass is 10.0. The Balaban J connectivity index is 1.18. The molecule has 10 heteroatoms. The summed E-state index contributed by atoms with van der Waals surface area (Å²) in [6.07, 6.45) is 2.37. The van der Waals surface area contributed by atoms with Crippen LogP contribution < -0.4 is 15.4 Å². The highest BCUT2D eigenvalue weighted by molar-refractivity contribution is 6.32. The van der Waals surface area contributed by atoms with Gasteiger partial charge in [-0.2, -0.15) is 0 Å². The number of aliphatic hydroxyl groups is 1. The lowest BCUT2D eigenvalue weighted by Gasteiger charge is -2.33. The number of benzene rings is 3. The Kier molecular flexibility index (Phi) is 11.5. The maximum atomic E-state index is 12.3. The van der Waals surface area contributed by atoms with Crippen molar-refractivity contribution in [3.8, 4) is 17.2 Å². The smallest absolute Gasteiger partial charge is 0.255 e. The molecular formula is C31H37Cl2N3O5. The average molecular weight is 603 g/mol. The number of ether oxygens (including phenoxy) is 1. The van der Waals surface area contributed by atoms with Crippen molar-refractivity contribution in [2.45, 2.75) is 44.4 Å². The van der Waals surface area contributed by atoms with E-state index in [2.05, 4.69) is 27.7 Å². The highest BCUT2D eigenvalue weighted by atomic mass is 35.5. The molecule has 1 aliphatic heterocycles. The van der Waals surface area contributed by atoms with Crippen molar-refractivity contribution in [1.82, 2.24) is 15.5 Å². The van der Waals surface area contributed by atoms with Crippen LogP contribution in [-0.4, -0.2) is 71.1 Å². The van der Waals surface area contributed by atoms with E-state index in [1.54, 1.807) is 24.3 Å². The second kappa shape index (κ2) is 15.3. The van der Waals surface area contributed by atoms with Crippen molar-refractivity contribution >= 4 is 29.1 Å². The molecule has 3 aromatic rings. The van der Waals surface area contributed by atoms with Crippen molar-refractivity contribution in [3.63, 3.8) is 0 Å². The minimum atomic E-state index is -0.731. The first-order chi connectivity index (χ1) is 19.8. The van der Waals surface area contributed by atoms with E-state index >= 15 is 0 Å². The van der Waals surface area contributed by atoms with E-state index in [1.807, 2.05) is 12.1 Å². The van der Waals surface area contributed by atoms with Crippen molar-refractivity contribution < 1.29 is 24.9 Å². The summed E-state index contributed by atoms with van der Waals surface area (Å²) in [6.45, 7) is 3.69. The molecule has 1 amide bonds. The van der Waals surface area contributed by atoms with Gasteiger partial charge in [-0.05, 0) is 80.2 Å². The first kappa shape index (κ1) is 30.9. The number of amides is 1. The van der Waals surface area contributed by atoms with Crippen LogP contribution in [0.25, 0.3) is 0 Å². The zero-order valence-corrected chi connectivity index (χ0v) is 24.4. The maximum absolute atomic E-state index is 12.3. The fourth-order valence-electron chi connectivity index (χ4n) is 4.85. The van der Waals surface area contributed by atoms with E-state index in [1.165, 1.54) is 17.7 Å². The monoisotopic (exact) mass is 601 g/mol. The third-order valence-electron chi connectivity index (χ3n) is 7.17. The van der Waals surface area contributed by atoms with E-state index < -0.39 is 6.10 Å². The predicted octanol–water partition coefficient (Wildman–Crippen LogP) is 4.76. The van der Waals surface area contributed by atoms with Crippen LogP contribution in [0, 0.1) is 0 Å². The molecule has 0 unspecified atom stereocenters. The van der Waals surface area contributed by atoms with Crippen LogP contribution in [0.2, 0.25) is 10.0 Å². The van der Waals surface area contributed by atoms with Gasteiger partial charge >= 0.3 is 0 Å². The molecular weight excluding hydrogens is 565 g/mol. The van der Waals surface area contributed by atoms with Crippen LogP contribution in [0.15, 0.2) is 60.7 Å². The van der Waals surface area contributed by atoms with Crippen LogP contribution in [0.1, 0.15) is 40.7 Å². The van der Waals surface area contributed by atoms with E-state index in [-0.39, 0.29) is 34.6 Å². The number of para-hydroxylation sites is 1. The molecule has 1 fully saturated rings. The summed E-state index contributed by atoms with van der Waals surface area (Å²) < 4.78 is 5.88. The number of aromatic hydroxyl groups is 2. The summed E-state index contributed by atoms with van der Waals surface area (Å²) in [5, 5.41) is 37.7. The molecule has 0 aliphatic carbocycles. The molecule has 1 aliphatic rings. The van der Waals surface area contributed by atoms with Gasteiger partial charge in [-0.25, -0.2) is 0 Å². The minimum Gasteiger partial charge on any atom is -0.507 e. The molecule has 41 heavy (non-hydrogen) atoms. The molecule has 8 nitrogen and oxygen atoms in total. The van der Waals surface area contributed by atoms with E-state index in [0.29, 0.717) is 37.7 Å². The van der Waals surface area contributed by atoms with Gasteiger partial charge in [0.2, 0.25) is 0 Å². The molecule has 0 radical (unpaired) electrons. The van der Waals surface area contributed by atoms with Crippen molar-refractivity contribution in [1.29, 1.82) is 0 Å². The summed E-state index contributed by atoms with van der Waals surface area (Å²) in [6, 6.07) is 17.7. The number of phenolic OH excluding ortho intramolecular Hbond substituents is 2. The third-order valence-corrected chi connectivity index (χ3v) is 7.72. The highest BCUT2D eigenvalue weighted by Gasteiger charge is 2.20. The number of nitrogens with one attached hydrogen (secondary N) is 2. The normalized spacial score (nSPS) is 15.0. The number of phenols is 2. The number of hydrogen-bond acceptors (Lipinski definition) is 7. The van der Waals surface area contributed by atoms with Gasteiger partial charge in [0, 0.05) is 36.8 Å². The number of piperidine rings is 1. The Morgan fingerprint density at radius 1 is 1.02 bits per heavy atom. The number of aliphatic hydroxyl groups excluding tert-OH is 1. The Morgan fingerprint density at radius 2 is 1.76 bits per heavy atom. The van der Waals surface area contributed by atoms with Crippen molar-refractivity contribution in [3.05, 3.63) is 87.4 Å². The van der Waals surface area contributed by atoms with Crippen molar-refractivity contribution in [2.24, 2.45) is 0 Å². The van der Waals surface area contributed by atoms with Gasteiger partial charge < -0.3 is 30.7 Å². The fraction of sp³-hybridized carbons (Fsp3) is 0.387. The van der Waals surface area contributed by atoms with E-state index in [9.17, 15) is 20.1 Å². The number of hydrogen-bond donors (Lipinski definition) is 5. The summed E-state index contributed by atoms with van der Waals surface area (Å²) >= 11 is 12.1. The lowest BCUT2D eigenvalue weighted by Crippen LogP contribution is -2.45. The largest absolute Gasteiger partial charge is 0.507 e. The molecule has 220 valence electrons. The first-order valence-corrected chi connectivity index (χ1v) is 14.6. The van der Waals surface area contributed by atoms with Gasteiger partial charge in [0.25, 0.3) is 5.91 Å². The van der Waals surface area contributed by atoms with Crippen LogP contribution in [0.4, 0.5) is 0 Å². The Morgan fingerprint density at radius 3 is 2.49 bits per heavy atom. The molecule has 5 N–H and O–H groups in total. The van der Waals surface area contributed by atoms with Gasteiger partial charge in [-0.15, -0.1) is 0 Å². The van der Waals surface area contributed by atoms with Gasteiger partial charge in [0.1, 0.15) is 30.0 Å². The fourth-order valence-corrected chi connectivity index (χ4v) is 5.16. The van der Waals surface area contributed by atoms with Gasteiger partial charge in [-0.1, -0.05) is 47.5 Å². The standard InChI is InChI=1S/C31H37Cl2N3O5/c32-23-9-7-21(8-10-23)19-36-14-11-24(12-15-36)35-18-25(37)20-41-30-17-29(39)27(33)16-22(30)4-3-13-34-31(40)26-5-1-2-6-28(26)38/h1-2,5-10,16-17,24-25,35,37-39H,3-4,11-15,18-20H2,(H,34,40)/t25-/m1/s1. The molecule has 1 heterocycles. The number of nitrogens with zero attached hydrogens (tertiary/aromatic N) is 1. The SMILES string of the molecule is O=C(NCCCc1cc(Cl)c(O)cc1OC[C@H](O)CNC1CCN(Cc2ccc(Cl)cc2)CC1)c1ccccc1O. The summed E-state index contributed by atoms with van der Waals surface area (Å²) in [7, 11) is 0. The van der Waals surface area contributed by atoms with E-state index in [4.69, 9.17) is 27.9 Å². The second-order valence-electron chi connectivity index (χ2n) is 10.3. The zero-order valence-electron chi connectivity index (χ0n) is 22.9. The molecule has 0 spiro atoms. The Hall–Kier alpha value is -3.01. The third kappa shape index (κ3) is 9.51. The summed E-state index contributed by atoms with van der Waals surface area (Å²) in [5.74, 6) is -0.0884. The predicted molar refractivity (Wildman–Crippen MR) is 161 cm³/mol. The van der Waals surface area contributed by atoms with Gasteiger partial charge in [0.15, 0.2) is 0 Å². The summed E-state index contributed by atoms with van der Waals surface area (Å²) in [4.78, 5) is 14.7. The highest BCUT2D eigenvalue weighted by Crippen LogP contribution is 2.32. The Bertz CT molecular complexity index is 1280. The van der Waals surface area contributed by atoms with Crippen LogP contribution >= 0.6 is 23.2 Å². The second-order valence-corrected chi connectivity index (χ2v) is 11.2. The van der Waals surface area contributed by atoms with E-state index in [0.717, 1.165) is 43.1 Å². The number of rotatable bonds is 13. The van der Waals surface area contributed by atoms with Gasteiger partial charge in [0.05, 0.1) is 10.6 Å². The molecule has 4 rings (SSSR count). The minimum absolute atomic E-state index is 0.0561. The topological polar surface area (TPSA) is 114 Å². The van der Waals surface area contributed by atoms with Crippen LogP contribution in [-0.2, 0) is 13.0 Å². The number of carbonyl (C=O) groups excluding carboxylic acids is 1. The number of aryl methyl sites for hydroxylation is 1. The molecule has 0 bridgehead atoms. The van der Waals surface area contributed by atoms with Crippen molar-refractivity contribution in [2.75, 3.05) is 32.8 Å². The molecule has 1 atom stereocenters. The molecule has 0 saturated carbocycles. The first-order valence-electron chi connectivity index (χ1n) is 13.9. The number of carbonyl (C=O) groups is 1. The molecule has 1 saturated heterocycles. The molecule has 0 aromatic heterocycles. The zero-order chi connectivity index (χ0) is 29.2. The lowest BCUT2D eigenvalue weighted by molar-refractivity contribution is 0.0949. The quantitative estimate of drug-likeness (QED) is 0.179. The maximum Gasteiger partial charge on any atom is 0.255 e. The number of likely N-dealkylation sites (tertiary alicyclic amines) is 1. The van der Waals surface area contributed by atoms with Crippen LogP contribution in [0.5, 0.6) is 17.2 Å². The molecule has 3 aromatic carbocycles. The van der Waals surface area contributed by atoms with Gasteiger partial charge in [-0.3, -0.25) is 9.69 Å². The van der Waals surface area contributed by atoms with Crippen LogP contribution in [0.3, 0.4) is 0 Å². The summed E-state index contributed by atoms with van der Waals surface area (Å²) in [5.41, 5.74) is 2.23. The number of halogens is 2.